The summed E-state index contributed by atoms with van der Waals surface area (Å²) in [6.45, 7) is 0. The van der Waals surface area contributed by atoms with E-state index in [-0.39, 0.29) is 0 Å². The maximum Gasteiger partial charge on any atom is 0.184 e. The van der Waals surface area contributed by atoms with E-state index in [2.05, 4.69) is 237 Å². The van der Waals surface area contributed by atoms with Crippen LogP contribution in [0.5, 0.6) is 0 Å². The predicted molar refractivity (Wildman–Crippen MR) is 455 cm³/mol. The lowest BCUT2D eigenvalue weighted by Crippen LogP contribution is -2.02. The van der Waals surface area contributed by atoms with Crippen molar-refractivity contribution in [2.75, 3.05) is 0 Å². The van der Waals surface area contributed by atoms with E-state index in [1.807, 2.05) is 133 Å². The predicted octanol–water partition coefficient (Wildman–Crippen LogP) is 25.9. The van der Waals surface area contributed by atoms with Gasteiger partial charge in [0.1, 0.15) is 22.4 Å². The largest absolute Gasteiger partial charge is 0.455 e. The van der Waals surface area contributed by atoms with Crippen molar-refractivity contribution in [1.82, 2.24) is 44.9 Å². The van der Waals surface area contributed by atoms with Gasteiger partial charge in [-0.15, -0.1) is 11.3 Å². The second-order valence-corrected chi connectivity index (χ2v) is 28.5. The first-order valence-electron chi connectivity index (χ1n) is 36.6. The van der Waals surface area contributed by atoms with Crippen molar-refractivity contribution in [2.45, 2.75) is 0 Å². The van der Waals surface area contributed by atoms with Gasteiger partial charge in [-0.1, -0.05) is 297 Å². The lowest BCUT2D eigenvalue weighted by atomic mass is 9.97. The summed E-state index contributed by atoms with van der Waals surface area (Å²) < 4.78 is 8.94. The third kappa shape index (κ3) is 11.1. The van der Waals surface area contributed by atoms with Gasteiger partial charge in [0.15, 0.2) is 17.5 Å². The topological polar surface area (TPSA) is 129 Å². The molecule has 23 aromatic rings. The van der Waals surface area contributed by atoms with Gasteiger partial charge in [0.05, 0.1) is 39.0 Å². The van der Waals surface area contributed by atoms with Crippen molar-refractivity contribution in [3.05, 3.63) is 358 Å². The molecule has 10 nitrogen and oxygen atoms in total. The number of para-hydroxylation sites is 5. The van der Waals surface area contributed by atoms with Crippen LogP contribution in [0.15, 0.2) is 363 Å². The van der Waals surface area contributed by atoms with Gasteiger partial charge in [-0.3, -0.25) is 15.0 Å². The zero-order chi connectivity index (χ0) is 72.6. The maximum atomic E-state index is 6.28. The second-order valence-electron chi connectivity index (χ2n) is 27.4. The SMILES string of the molecule is c1ccc(-c2nc(-c3ccccc3)nc(-c3nc4ccccc4c4c3ncc3ccccc34)n2)cc1.c1ccc2c(c1)cnc1c(-c3ccc(-c4ccc5sc6ccccc6c5c4)cc3)nc3ccccc3c12.c1ccc2c(c1)cnc1c(-c3ccc(-c4cccc5c4oc4ccccc45)cc3)nc3ccccc3c12. The molecule has 512 valence electrons. The van der Waals surface area contributed by atoms with Gasteiger partial charge in [0.25, 0.3) is 0 Å². The number of aromatic nitrogens is 9. The van der Waals surface area contributed by atoms with E-state index in [9.17, 15) is 0 Å². The smallest absolute Gasteiger partial charge is 0.184 e. The van der Waals surface area contributed by atoms with E-state index in [1.54, 1.807) is 0 Å². The molecule has 0 aliphatic carbocycles. The number of thiophene rings is 1. The summed E-state index contributed by atoms with van der Waals surface area (Å²) in [4.78, 5) is 44.5. The fourth-order valence-electron chi connectivity index (χ4n) is 15.7. The van der Waals surface area contributed by atoms with Crippen LogP contribution in [0, 0.1) is 0 Å². The van der Waals surface area contributed by atoms with E-state index < -0.39 is 0 Å². The Labute approximate surface area is 633 Å². The van der Waals surface area contributed by atoms with Gasteiger partial charge in [0.2, 0.25) is 0 Å². The molecule has 0 N–H and O–H groups in total. The third-order valence-corrected chi connectivity index (χ3v) is 22.1. The zero-order valence-corrected chi connectivity index (χ0v) is 59.7. The minimum absolute atomic E-state index is 0.501. The Hall–Kier alpha value is -14.7. The normalized spacial score (nSPS) is 11.6. The first kappa shape index (κ1) is 63.8. The van der Waals surface area contributed by atoms with E-state index in [1.165, 1.54) is 42.1 Å². The van der Waals surface area contributed by atoms with Gasteiger partial charge >= 0.3 is 0 Å². The molecule has 9 aromatic heterocycles. The summed E-state index contributed by atoms with van der Waals surface area (Å²) in [6, 6.07) is 117. The minimum Gasteiger partial charge on any atom is -0.455 e. The van der Waals surface area contributed by atoms with E-state index in [4.69, 9.17) is 49.3 Å². The molecule has 0 radical (unpaired) electrons. The molecule has 0 fully saturated rings. The number of rotatable bonds is 7. The average molecular weight is 1420 g/mol. The molecule has 11 heteroatoms. The minimum atomic E-state index is 0.501. The highest BCUT2D eigenvalue weighted by atomic mass is 32.1. The summed E-state index contributed by atoms with van der Waals surface area (Å²) in [7, 11) is 0. The fraction of sp³-hybridized carbons (Fsp3) is 0. The molecule has 0 aliphatic heterocycles. The Kier molecular flexibility index (Phi) is 15.5. The summed E-state index contributed by atoms with van der Waals surface area (Å²) >= 11 is 1.85. The molecule has 110 heavy (non-hydrogen) atoms. The van der Waals surface area contributed by atoms with Crippen molar-refractivity contribution < 1.29 is 4.42 Å². The standard InChI is InChI=1S/C34H20N2O.C34H20N2S.C31H19N5/c1-2-9-24-23(8-1)20-35-33-31(24)28-11-3-5-14-29(28)36-32(33)22-18-16-21(17-19-22)25-12-7-13-27-26-10-4-6-15-30(26)37-34(25)27;1-2-8-25-24(7-1)20-35-34-32(25)27-10-3-5-11-29(27)36-33(34)22-15-13-21(14-16-22)23-17-18-31-28(19-23)26-9-4-6-12-30(26)37-31;1-3-11-20(12-4-1)29-34-30(21-13-5-2-6-14-21)36-31(35-29)28-27-26(24-17-9-10-18-25(24)33-28)23-16-8-7-15-22(23)19-32-27/h2*1-20H;1-19H. The van der Waals surface area contributed by atoms with Crippen molar-refractivity contribution in [2.24, 2.45) is 0 Å². The number of hydrogen-bond acceptors (Lipinski definition) is 11. The van der Waals surface area contributed by atoms with E-state index in [0.717, 1.165) is 154 Å². The molecule has 0 spiro atoms. The molecule has 0 unspecified atom stereocenters. The monoisotopic (exact) mass is 1420 g/mol. The highest BCUT2D eigenvalue weighted by Gasteiger charge is 2.22. The van der Waals surface area contributed by atoms with Crippen molar-refractivity contribution >= 4 is 151 Å². The van der Waals surface area contributed by atoms with E-state index >= 15 is 0 Å². The molecule has 0 saturated carbocycles. The average Bonchev–Trinajstić information content (AvgIpc) is 1.28. The Balaban J connectivity index is 0.000000105. The number of furan rings is 1. The van der Waals surface area contributed by atoms with Crippen LogP contribution in [0.3, 0.4) is 0 Å². The number of pyridine rings is 6. The molecule has 0 bridgehead atoms. The molecule has 9 heterocycles. The summed E-state index contributed by atoms with van der Waals surface area (Å²) in [5.74, 6) is 1.70. The molecular weight excluding hydrogens is 1360 g/mol. The van der Waals surface area contributed by atoms with E-state index in [0.29, 0.717) is 23.2 Å². The Morgan fingerprint density at radius 2 is 0.609 bits per heavy atom. The maximum absolute atomic E-state index is 6.28. The van der Waals surface area contributed by atoms with Crippen LogP contribution >= 0.6 is 11.3 Å². The van der Waals surface area contributed by atoms with Crippen LogP contribution in [-0.2, 0) is 0 Å². The zero-order valence-electron chi connectivity index (χ0n) is 58.9. The number of fused-ring (bicyclic) bond motifs is 21. The molecule has 23 rings (SSSR count). The number of benzene rings is 14. The Bertz CT molecular complexity index is 7480. The highest BCUT2D eigenvalue weighted by Crippen LogP contribution is 2.43. The van der Waals surface area contributed by atoms with Crippen molar-refractivity contribution in [3.8, 4) is 79.1 Å². The summed E-state index contributed by atoms with van der Waals surface area (Å²) in [6.07, 6.45) is 5.82. The second kappa shape index (κ2) is 26.7. The van der Waals surface area contributed by atoms with Crippen molar-refractivity contribution in [3.63, 3.8) is 0 Å². The summed E-state index contributed by atoms with van der Waals surface area (Å²) in [5, 5.41) is 18.5. The van der Waals surface area contributed by atoms with Crippen LogP contribution in [0.4, 0.5) is 0 Å². The molecule has 0 saturated heterocycles. The van der Waals surface area contributed by atoms with Gasteiger partial charge in [-0.25, -0.2) is 29.9 Å². The molecule has 14 aromatic carbocycles. The Morgan fingerprint density at radius 1 is 0.227 bits per heavy atom. The lowest BCUT2D eigenvalue weighted by molar-refractivity contribution is 0.670. The van der Waals surface area contributed by atoms with Crippen LogP contribution < -0.4 is 0 Å². The van der Waals surface area contributed by atoms with Gasteiger partial charge < -0.3 is 4.42 Å². The summed E-state index contributed by atoms with van der Waals surface area (Å²) in [5.41, 5.74) is 18.3. The molecule has 0 amide bonds. The molecule has 0 atom stereocenters. The quantitative estimate of drug-likeness (QED) is 0.142. The number of hydrogen-bond donors (Lipinski definition) is 0. The van der Waals surface area contributed by atoms with Gasteiger partial charge in [-0.2, -0.15) is 0 Å². The van der Waals surface area contributed by atoms with Crippen LogP contribution in [-0.4, -0.2) is 44.9 Å². The Morgan fingerprint density at radius 3 is 1.14 bits per heavy atom. The van der Waals surface area contributed by atoms with Crippen LogP contribution in [0.25, 0.3) is 219 Å². The molecular formula is C99H59N9OS. The van der Waals surface area contributed by atoms with Crippen molar-refractivity contribution in [1.29, 1.82) is 0 Å². The fourth-order valence-corrected chi connectivity index (χ4v) is 16.8. The van der Waals surface area contributed by atoms with Gasteiger partial charge in [-0.05, 0) is 75.3 Å². The van der Waals surface area contributed by atoms with Crippen LogP contribution in [0.2, 0.25) is 0 Å². The lowest BCUT2D eigenvalue weighted by Gasteiger charge is -2.12. The first-order chi connectivity index (χ1) is 54.5. The number of nitrogens with zero attached hydrogens (tertiary/aromatic N) is 9. The van der Waals surface area contributed by atoms with Crippen LogP contribution in [0.1, 0.15) is 0 Å². The third-order valence-electron chi connectivity index (χ3n) is 20.9. The first-order valence-corrected chi connectivity index (χ1v) is 37.4. The van der Waals surface area contributed by atoms with Gasteiger partial charge in [0, 0.05) is 126 Å². The molecule has 0 aliphatic rings. The highest BCUT2D eigenvalue weighted by molar-refractivity contribution is 7.25.